The van der Waals surface area contributed by atoms with Gasteiger partial charge in [0.2, 0.25) is 0 Å². The number of rotatable bonds is 9. The van der Waals surface area contributed by atoms with Gasteiger partial charge in [-0.05, 0) is 25.5 Å². The summed E-state index contributed by atoms with van der Waals surface area (Å²) >= 11 is 0. The van der Waals surface area contributed by atoms with Crippen molar-refractivity contribution in [3.8, 4) is 5.75 Å². The Balaban J connectivity index is 2.25. The number of aromatic nitrogens is 1. The van der Waals surface area contributed by atoms with Crippen LogP contribution < -0.4 is 15.8 Å². The lowest BCUT2D eigenvalue weighted by molar-refractivity contribution is 0.141. The van der Waals surface area contributed by atoms with Crippen molar-refractivity contribution >= 4 is 5.82 Å². The number of pyridine rings is 1. The van der Waals surface area contributed by atoms with Gasteiger partial charge >= 0.3 is 0 Å². The molecule has 0 radical (unpaired) electrons. The number of ether oxygens (including phenoxy) is 2. The van der Waals surface area contributed by atoms with E-state index in [-0.39, 0.29) is 0 Å². The number of hydrogen-bond acceptors (Lipinski definition) is 5. The van der Waals surface area contributed by atoms with Gasteiger partial charge in [-0.3, -0.25) is 0 Å². The van der Waals surface area contributed by atoms with Crippen LogP contribution in [0.5, 0.6) is 5.75 Å². The number of nitrogens with two attached hydrogens (primary N) is 1. The highest BCUT2D eigenvalue weighted by Gasteiger charge is 2.02. The molecule has 0 saturated carbocycles. The molecule has 17 heavy (non-hydrogen) atoms. The third-order valence-corrected chi connectivity index (χ3v) is 2.09. The van der Waals surface area contributed by atoms with Crippen molar-refractivity contribution in [3.05, 3.63) is 18.3 Å². The van der Waals surface area contributed by atoms with Crippen LogP contribution in [0.3, 0.4) is 0 Å². The molecule has 0 aliphatic heterocycles. The maximum Gasteiger partial charge on any atom is 0.168 e. The Morgan fingerprint density at radius 2 is 2.29 bits per heavy atom. The van der Waals surface area contributed by atoms with Crippen LogP contribution in [0.2, 0.25) is 0 Å². The zero-order valence-electron chi connectivity index (χ0n) is 10.3. The lowest BCUT2D eigenvalue weighted by Crippen LogP contribution is -2.12. The van der Waals surface area contributed by atoms with Gasteiger partial charge in [-0.15, -0.1) is 0 Å². The van der Waals surface area contributed by atoms with Gasteiger partial charge in [0.15, 0.2) is 11.6 Å². The minimum atomic E-state index is 0.572. The maximum atomic E-state index is 5.46. The minimum Gasteiger partial charge on any atom is -0.490 e. The van der Waals surface area contributed by atoms with Gasteiger partial charge in [0, 0.05) is 25.9 Å². The second kappa shape index (κ2) is 8.78. The molecule has 5 heteroatoms. The summed E-state index contributed by atoms with van der Waals surface area (Å²) in [5.74, 6) is 1.58. The Kier molecular flexibility index (Phi) is 7.09. The van der Waals surface area contributed by atoms with Crippen LogP contribution in [0.25, 0.3) is 0 Å². The lowest BCUT2D eigenvalue weighted by atomic mass is 10.4. The lowest BCUT2D eigenvalue weighted by Gasteiger charge is -2.10. The fourth-order valence-electron chi connectivity index (χ4n) is 1.36. The van der Waals surface area contributed by atoms with Crippen molar-refractivity contribution in [3.63, 3.8) is 0 Å². The molecule has 0 atom stereocenters. The van der Waals surface area contributed by atoms with Gasteiger partial charge in [-0.25, -0.2) is 4.98 Å². The first-order valence-corrected chi connectivity index (χ1v) is 5.98. The molecule has 0 unspecified atom stereocenters. The van der Waals surface area contributed by atoms with Gasteiger partial charge in [0.25, 0.3) is 0 Å². The quantitative estimate of drug-likeness (QED) is 0.635. The van der Waals surface area contributed by atoms with Gasteiger partial charge < -0.3 is 20.5 Å². The summed E-state index contributed by atoms with van der Waals surface area (Å²) < 4.78 is 10.7. The van der Waals surface area contributed by atoms with Crippen LogP contribution >= 0.6 is 0 Å². The summed E-state index contributed by atoms with van der Waals surface area (Å²) in [6.07, 6.45) is 2.66. The standard InChI is InChI=1S/C12H21N3O2/c1-2-17-11-5-3-7-14-12(11)15-8-4-9-16-10-6-13/h3,5,7H,2,4,6,8-10,13H2,1H3,(H,14,15). The molecule has 1 rings (SSSR count). The summed E-state index contributed by atoms with van der Waals surface area (Å²) in [6.45, 7) is 5.30. The van der Waals surface area contributed by atoms with Crippen LogP contribution in [-0.4, -0.2) is 37.9 Å². The monoisotopic (exact) mass is 239 g/mol. The van der Waals surface area contributed by atoms with E-state index in [1.165, 1.54) is 0 Å². The molecule has 1 heterocycles. The Hall–Kier alpha value is -1.33. The van der Waals surface area contributed by atoms with E-state index in [0.29, 0.717) is 26.4 Å². The third-order valence-electron chi connectivity index (χ3n) is 2.09. The van der Waals surface area contributed by atoms with Crippen molar-refractivity contribution in [1.29, 1.82) is 0 Å². The zero-order valence-corrected chi connectivity index (χ0v) is 10.3. The summed E-state index contributed by atoms with van der Waals surface area (Å²) in [7, 11) is 0. The van der Waals surface area contributed by atoms with Crippen LogP contribution in [0.1, 0.15) is 13.3 Å². The molecule has 0 fully saturated rings. The van der Waals surface area contributed by atoms with E-state index < -0.39 is 0 Å². The number of nitrogens with one attached hydrogen (secondary N) is 1. The van der Waals surface area contributed by atoms with Gasteiger partial charge in [0.1, 0.15) is 0 Å². The SMILES string of the molecule is CCOc1cccnc1NCCCOCCN. The molecule has 1 aromatic heterocycles. The average molecular weight is 239 g/mol. The van der Waals surface area contributed by atoms with E-state index >= 15 is 0 Å². The second-order valence-corrected chi connectivity index (χ2v) is 3.46. The highest BCUT2D eigenvalue weighted by atomic mass is 16.5. The molecular formula is C12H21N3O2. The number of nitrogens with zero attached hydrogens (tertiary/aromatic N) is 1. The van der Waals surface area contributed by atoms with E-state index in [0.717, 1.165) is 24.5 Å². The predicted octanol–water partition coefficient (Wildman–Crippen LogP) is 1.26. The first-order valence-electron chi connectivity index (χ1n) is 5.98. The van der Waals surface area contributed by atoms with Crippen molar-refractivity contribution < 1.29 is 9.47 Å². The van der Waals surface area contributed by atoms with E-state index in [1.54, 1.807) is 6.20 Å². The number of anilines is 1. The van der Waals surface area contributed by atoms with Crippen LogP contribution in [0, 0.1) is 0 Å². The zero-order chi connectivity index (χ0) is 12.3. The normalized spacial score (nSPS) is 10.2. The minimum absolute atomic E-state index is 0.572. The third kappa shape index (κ3) is 5.51. The topological polar surface area (TPSA) is 69.4 Å². The molecule has 0 spiro atoms. The van der Waals surface area contributed by atoms with Crippen molar-refractivity contribution in [2.24, 2.45) is 5.73 Å². The molecule has 0 amide bonds. The highest BCUT2D eigenvalue weighted by molar-refractivity contribution is 5.49. The maximum absolute atomic E-state index is 5.46. The van der Waals surface area contributed by atoms with Gasteiger partial charge in [0.05, 0.1) is 13.2 Å². The molecule has 96 valence electrons. The Morgan fingerprint density at radius 3 is 3.06 bits per heavy atom. The molecule has 0 aliphatic carbocycles. The van der Waals surface area contributed by atoms with Crippen molar-refractivity contribution in [1.82, 2.24) is 4.98 Å². The summed E-state index contributed by atoms with van der Waals surface area (Å²) in [4.78, 5) is 4.23. The van der Waals surface area contributed by atoms with E-state index in [2.05, 4.69) is 10.3 Å². The molecule has 0 aliphatic rings. The van der Waals surface area contributed by atoms with Crippen LogP contribution in [-0.2, 0) is 4.74 Å². The fourth-order valence-corrected chi connectivity index (χ4v) is 1.36. The molecule has 0 aromatic carbocycles. The first-order chi connectivity index (χ1) is 8.38. The smallest absolute Gasteiger partial charge is 0.168 e. The fraction of sp³-hybridized carbons (Fsp3) is 0.583. The Bertz CT molecular complexity index is 308. The second-order valence-electron chi connectivity index (χ2n) is 3.46. The molecule has 1 aromatic rings. The van der Waals surface area contributed by atoms with E-state index in [4.69, 9.17) is 15.2 Å². The van der Waals surface area contributed by atoms with Crippen LogP contribution in [0.4, 0.5) is 5.82 Å². The first kappa shape index (κ1) is 13.7. The van der Waals surface area contributed by atoms with Gasteiger partial charge in [-0.2, -0.15) is 0 Å². The summed E-state index contributed by atoms with van der Waals surface area (Å²) in [6, 6.07) is 3.77. The van der Waals surface area contributed by atoms with Crippen LogP contribution in [0.15, 0.2) is 18.3 Å². The molecular weight excluding hydrogens is 218 g/mol. The summed E-state index contributed by atoms with van der Waals surface area (Å²) in [5, 5.41) is 3.23. The Morgan fingerprint density at radius 1 is 1.41 bits per heavy atom. The molecule has 0 saturated heterocycles. The average Bonchev–Trinajstić information content (AvgIpc) is 2.36. The van der Waals surface area contributed by atoms with E-state index in [1.807, 2.05) is 19.1 Å². The van der Waals surface area contributed by atoms with Crippen molar-refractivity contribution in [2.75, 3.05) is 38.2 Å². The number of hydrogen-bond donors (Lipinski definition) is 2. The van der Waals surface area contributed by atoms with Gasteiger partial charge in [-0.1, -0.05) is 0 Å². The van der Waals surface area contributed by atoms with Crippen molar-refractivity contribution in [2.45, 2.75) is 13.3 Å². The predicted molar refractivity (Wildman–Crippen MR) is 68.4 cm³/mol. The summed E-state index contributed by atoms with van der Waals surface area (Å²) in [5.41, 5.74) is 5.32. The largest absolute Gasteiger partial charge is 0.490 e. The highest BCUT2D eigenvalue weighted by Crippen LogP contribution is 2.20. The molecule has 5 nitrogen and oxygen atoms in total. The van der Waals surface area contributed by atoms with E-state index in [9.17, 15) is 0 Å². The molecule has 3 N–H and O–H groups in total. The Labute approximate surface area is 102 Å². The molecule has 0 bridgehead atoms.